The maximum Gasteiger partial charge on any atom is 0.261 e. The van der Waals surface area contributed by atoms with Gasteiger partial charge in [0.1, 0.15) is 6.54 Å². The zero-order valence-electron chi connectivity index (χ0n) is 11.8. The van der Waals surface area contributed by atoms with E-state index in [0.29, 0.717) is 20.9 Å². The SMILES string of the molecule is O=C(Cn1cnc2c(Cl)cc(Cl)cc2c1=O)NC1CCCC1. The molecule has 22 heavy (non-hydrogen) atoms. The first-order valence-electron chi connectivity index (χ1n) is 7.18. The van der Waals surface area contributed by atoms with Crippen LogP contribution in [0.25, 0.3) is 10.9 Å². The van der Waals surface area contributed by atoms with Crippen molar-refractivity contribution < 1.29 is 4.79 Å². The molecule has 0 spiro atoms. The summed E-state index contributed by atoms with van der Waals surface area (Å²) in [7, 11) is 0. The molecule has 1 heterocycles. The summed E-state index contributed by atoms with van der Waals surface area (Å²) in [4.78, 5) is 28.6. The minimum Gasteiger partial charge on any atom is -0.352 e. The van der Waals surface area contributed by atoms with Crippen molar-refractivity contribution in [1.29, 1.82) is 0 Å². The number of carbonyl (C=O) groups excluding carboxylic acids is 1. The van der Waals surface area contributed by atoms with Gasteiger partial charge in [0.2, 0.25) is 5.91 Å². The minimum atomic E-state index is -0.323. The molecule has 1 aliphatic rings. The second kappa shape index (κ2) is 6.26. The molecule has 0 saturated heterocycles. The lowest BCUT2D eigenvalue weighted by atomic mass is 10.2. The van der Waals surface area contributed by atoms with Crippen LogP contribution < -0.4 is 10.9 Å². The third-order valence-electron chi connectivity index (χ3n) is 3.88. The van der Waals surface area contributed by atoms with Crippen molar-refractivity contribution in [1.82, 2.24) is 14.9 Å². The standard InChI is InChI=1S/C15H15Cl2N3O2/c16-9-5-11-14(12(17)6-9)18-8-20(15(11)22)7-13(21)19-10-3-1-2-4-10/h5-6,8,10H,1-4,7H2,(H,19,21). The van der Waals surface area contributed by atoms with Crippen LogP contribution in [0.4, 0.5) is 0 Å². The van der Waals surface area contributed by atoms with E-state index in [1.165, 1.54) is 23.0 Å². The quantitative estimate of drug-likeness (QED) is 0.934. The van der Waals surface area contributed by atoms with Crippen molar-refractivity contribution in [3.63, 3.8) is 0 Å². The third-order valence-corrected chi connectivity index (χ3v) is 4.39. The number of aromatic nitrogens is 2. The Bertz CT molecular complexity index is 782. The average molecular weight is 340 g/mol. The van der Waals surface area contributed by atoms with Crippen molar-refractivity contribution >= 4 is 40.0 Å². The van der Waals surface area contributed by atoms with Crippen LogP contribution >= 0.6 is 23.2 Å². The summed E-state index contributed by atoms with van der Waals surface area (Å²) >= 11 is 12.0. The number of hydrogen-bond acceptors (Lipinski definition) is 3. The van der Waals surface area contributed by atoms with E-state index >= 15 is 0 Å². The minimum absolute atomic E-state index is 0.0532. The van der Waals surface area contributed by atoms with Crippen LogP contribution in [-0.4, -0.2) is 21.5 Å². The third kappa shape index (κ3) is 3.10. The molecule has 0 unspecified atom stereocenters. The lowest BCUT2D eigenvalue weighted by Crippen LogP contribution is -2.37. The number of amides is 1. The molecule has 116 valence electrons. The fourth-order valence-electron chi connectivity index (χ4n) is 2.81. The van der Waals surface area contributed by atoms with Crippen molar-refractivity contribution in [2.24, 2.45) is 0 Å². The Hall–Kier alpha value is -1.59. The number of benzene rings is 1. The van der Waals surface area contributed by atoms with E-state index in [9.17, 15) is 9.59 Å². The van der Waals surface area contributed by atoms with Crippen LogP contribution in [0.2, 0.25) is 10.0 Å². The van der Waals surface area contributed by atoms with Gasteiger partial charge in [-0.15, -0.1) is 0 Å². The highest BCUT2D eigenvalue weighted by atomic mass is 35.5. The van der Waals surface area contributed by atoms with Crippen molar-refractivity contribution in [2.75, 3.05) is 0 Å². The van der Waals surface area contributed by atoms with Gasteiger partial charge in [-0.05, 0) is 25.0 Å². The molecule has 1 aromatic heterocycles. The molecule has 1 N–H and O–H groups in total. The molecule has 1 fully saturated rings. The van der Waals surface area contributed by atoms with Crippen LogP contribution in [0.5, 0.6) is 0 Å². The number of rotatable bonds is 3. The van der Waals surface area contributed by atoms with Crippen LogP contribution in [0.3, 0.4) is 0 Å². The molecule has 0 aliphatic heterocycles. The van der Waals surface area contributed by atoms with E-state index in [2.05, 4.69) is 10.3 Å². The summed E-state index contributed by atoms with van der Waals surface area (Å²) in [6.07, 6.45) is 5.63. The average Bonchev–Trinajstić information content (AvgIpc) is 2.95. The highest BCUT2D eigenvalue weighted by Gasteiger charge is 2.18. The molecule has 1 saturated carbocycles. The van der Waals surface area contributed by atoms with Gasteiger partial charge in [-0.2, -0.15) is 0 Å². The van der Waals surface area contributed by atoms with E-state index in [4.69, 9.17) is 23.2 Å². The summed E-state index contributed by atoms with van der Waals surface area (Å²) < 4.78 is 1.28. The summed E-state index contributed by atoms with van der Waals surface area (Å²) in [5.74, 6) is -0.178. The van der Waals surface area contributed by atoms with Gasteiger partial charge in [0.05, 0.1) is 22.3 Å². The van der Waals surface area contributed by atoms with E-state index in [0.717, 1.165) is 25.7 Å². The van der Waals surface area contributed by atoms with E-state index < -0.39 is 0 Å². The predicted molar refractivity (Wildman–Crippen MR) is 86.4 cm³/mol. The topological polar surface area (TPSA) is 64.0 Å². The first-order chi connectivity index (χ1) is 10.5. The van der Waals surface area contributed by atoms with Gasteiger partial charge in [-0.25, -0.2) is 4.98 Å². The Labute approximate surface area is 137 Å². The Morgan fingerprint density at radius 3 is 2.77 bits per heavy atom. The van der Waals surface area contributed by atoms with Gasteiger partial charge in [0, 0.05) is 11.1 Å². The van der Waals surface area contributed by atoms with Crippen LogP contribution in [-0.2, 0) is 11.3 Å². The summed E-state index contributed by atoms with van der Waals surface area (Å²) in [6, 6.07) is 3.28. The maximum absolute atomic E-state index is 12.4. The van der Waals surface area contributed by atoms with Gasteiger partial charge in [-0.3, -0.25) is 14.2 Å². The largest absolute Gasteiger partial charge is 0.352 e. The normalized spacial score (nSPS) is 15.4. The van der Waals surface area contributed by atoms with E-state index in [1.54, 1.807) is 0 Å². The lowest BCUT2D eigenvalue weighted by molar-refractivity contribution is -0.122. The first kappa shape index (κ1) is 15.3. The number of carbonyl (C=O) groups is 1. The highest BCUT2D eigenvalue weighted by molar-refractivity contribution is 6.38. The summed E-state index contributed by atoms with van der Waals surface area (Å²) in [6.45, 7) is -0.0532. The molecule has 0 atom stereocenters. The molecule has 7 heteroatoms. The van der Waals surface area contributed by atoms with Crippen LogP contribution in [0, 0.1) is 0 Å². The Morgan fingerprint density at radius 2 is 2.05 bits per heavy atom. The summed E-state index contributed by atoms with van der Waals surface area (Å²) in [5, 5.41) is 3.95. The molecule has 1 amide bonds. The molecule has 1 aromatic carbocycles. The molecular weight excluding hydrogens is 325 g/mol. The molecule has 3 rings (SSSR count). The van der Waals surface area contributed by atoms with Gasteiger partial charge in [-0.1, -0.05) is 36.0 Å². The number of nitrogens with zero attached hydrogens (tertiary/aromatic N) is 2. The fourth-order valence-corrected chi connectivity index (χ4v) is 3.35. The number of hydrogen-bond donors (Lipinski definition) is 1. The van der Waals surface area contributed by atoms with Crippen molar-refractivity contribution in [3.05, 3.63) is 38.9 Å². The van der Waals surface area contributed by atoms with Crippen LogP contribution in [0.1, 0.15) is 25.7 Å². The molecule has 0 bridgehead atoms. The molecule has 1 aliphatic carbocycles. The smallest absolute Gasteiger partial charge is 0.261 e. The molecular formula is C15H15Cl2N3O2. The number of fused-ring (bicyclic) bond motifs is 1. The van der Waals surface area contributed by atoms with Gasteiger partial charge < -0.3 is 5.32 Å². The second-order valence-electron chi connectivity index (χ2n) is 5.51. The van der Waals surface area contributed by atoms with Crippen LogP contribution in [0.15, 0.2) is 23.3 Å². The van der Waals surface area contributed by atoms with E-state index in [1.807, 2.05) is 0 Å². The second-order valence-corrected chi connectivity index (χ2v) is 6.35. The summed E-state index contributed by atoms with van der Waals surface area (Å²) in [5.41, 5.74) is 0.0690. The van der Waals surface area contributed by atoms with Gasteiger partial charge in [0.15, 0.2) is 0 Å². The maximum atomic E-state index is 12.4. The lowest BCUT2D eigenvalue weighted by Gasteiger charge is -2.13. The van der Waals surface area contributed by atoms with Gasteiger partial charge >= 0.3 is 0 Å². The van der Waals surface area contributed by atoms with E-state index in [-0.39, 0.29) is 24.1 Å². The zero-order chi connectivity index (χ0) is 15.7. The molecule has 5 nitrogen and oxygen atoms in total. The number of halogens is 2. The van der Waals surface area contributed by atoms with Crippen molar-refractivity contribution in [2.45, 2.75) is 38.3 Å². The van der Waals surface area contributed by atoms with Gasteiger partial charge in [0.25, 0.3) is 5.56 Å². The predicted octanol–water partition coefficient (Wildman–Crippen LogP) is 2.76. The Balaban J connectivity index is 1.86. The highest BCUT2D eigenvalue weighted by Crippen LogP contribution is 2.24. The fraction of sp³-hybridized carbons (Fsp3) is 0.400. The molecule has 0 radical (unpaired) electrons. The Kier molecular flexibility index (Phi) is 4.36. The Morgan fingerprint density at radius 1 is 1.32 bits per heavy atom. The first-order valence-corrected chi connectivity index (χ1v) is 7.94. The molecule has 2 aromatic rings. The number of nitrogens with one attached hydrogen (secondary N) is 1. The zero-order valence-corrected chi connectivity index (χ0v) is 13.3. The van der Waals surface area contributed by atoms with Crippen molar-refractivity contribution in [3.8, 4) is 0 Å². The monoisotopic (exact) mass is 339 g/mol.